The summed E-state index contributed by atoms with van der Waals surface area (Å²) in [7, 11) is 0. The van der Waals surface area contributed by atoms with Crippen LogP contribution in [0.25, 0.3) is 0 Å². The fourth-order valence-electron chi connectivity index (χ4n) is 4.02. The molecular weight excluding hydrogens is 366 g/mol. The van der Waals surface area contributed by atoms with Crippen molar-refractivity contribution < 1.29 is 9.72 Å². The monoisotopic (exact) mass is 385 g/mol. The van der Waals surface area contributed by atoms with Crippen LogP contribution in [0.4, 0.5) is 5.69 Å². The van der Waals surface area contributed by atoms with E-state index < -0.39 is 4.92 Å². The third-order valence-corrected chi connectivity index (χ3v) is 5.84. The zero-order valence-corrected chi connectivity index (χ0v) is 15.6. The number of carbonyl (C=O) groups is 1. The Labute approximate surface area is 162 Å². The lowest BCUT2D eigenvalue weighted by Crippen LogP contribution is -2.41. The first-order chi connectivity index (χ1) is 13.0. The first-order valence-electron chi connectivity index (χ1n) is 9.07. The fraction of sp³-hybridized carbons (Fsp3) is 0.350. The normalized spacial score (nSPS) is 19.7. The fourth-order valence-corrected chi connectivity index (χ4v) is 4.21. The van der Waals surface area contributed by atoms with Crippen molar-refractivity contribution in [1.29, 1.82) is 0 Å². The Balaban J connectivity index is 1.45. The van der Waals surface area contributed by atoms with E-state index in [0.29, 0.717) is 24.7 Å². The number of hydrogen-bond acceptors (Lipinski definition) is 4. The zero-order chi connectivity index (χ0) is 19.0. The zero-order valence-electron chi connectivity index (χ0n) is 14.8. The molecule has 0 spiro atoms. The highest BCUT2D eigenvalue weighted by Gasteiger charge is 2.32. The van der Waals surface area contributed by atoms with Crippen molar-refractivity contribution in [3.63, 3.8) is 0 Å². The number of amides is 1. The SMILES string of the molecule is O=C(c1ccc(Cl)c([N+](=O)[O-])c1)N1CC[C@H](N2CCc3ccccc3C2)C1. The average molecular weight is 386 g/mol. The van der Waals surface area contributed by atoms with Gasteiger partial charge in [0.1, 0.15) is 5.02 Å². The van der Waals surface area contributed by atoms with E-state index in [1.807, 2.05) is 0 Å². The summed E-state index contributed by atoms with van der Waals surface area (Å²) in [5.41, 5.74) is 2.86. The Bertz CT molecular complexity index is 902. The van der Waals surface area contributed by atoms with Gasteiger partial charge in [-0.2, -0.15) is 0 Å². The summed E-state index contributed by atoms with van der Waals surface area (Å²) >= 11 is 5.85. The molecular formula is C20H20ClN3O3. The molecule has 2 aliphatic heterocycles. The third-order valence-electron chi connectivity index (χ3n) is 5.52. The molecule has 2 aromatic carbocycles. The smallest absolute Gasteiger partial charge is 0.288 e. The van der Waals surface area contributed by atoms with Gasteiger partial charge in [0.15, 0.2) is 0 Å². The number of benzene rings is 2. The number of nitro groups is 1. The quantitative estimate of drug-likeness (QED) is 0.599. The maximum Gasteiger partial charge on any atom is 0.288 e. The number of carbonyl (C=O) groups excluding carboxylic acids is 1. The second-order valence-corrected chi connectivity index (χ2v) is 7.51. The average Bonchev–Trinajstić information content (AvgIpc) is 3.17. The molecule has 0 aromatic heterocycles. The minimum absolute atomic E-state index is 0.0443. The van der Waals surface area contributed by atoms with Gasteiger partial charge in [-0.25, -0.2) is 0 Å². The number of halogens is 1. The van der Waals surface area contributed by atoms with Crippen molar-refractivity contribution in [3.8, 4) is 0 Å². The molecule has 6 nitrogen and oxygen atoms in total. The summed E-state index contributed by atoms with van der Waals surface area (Å²) in [4.78, 5) is 27.5. The summed E-state index contributed by atoms with van der Waals surface area (Å²) < 4.78 is 0. The number of fused-ring (bicyclic) bond motifs is 1. The molecule has 2 aliphatic rings. The van der Waals surface area contributed by atoms with Gasteiger partial charge in [-0.3, -0.25) is 19.8 Å². The Hall–Kier alpha value is -2.44. The first kappa shape index (κ1) is 17.9. The van der Waals surface area contributed by atoms with Gasteiger partial charge in [-0.05, 0) is 36.1 Å². The summed E-state index contributed by atoms with van der Waals surface area (Å²) in [5.74, 6) is -0.172. The molecule has 0 aliphatic carbocycles. The molecule has 4 rings (SSSR count). The highest BCUT2D eigenvalue weighted by molar-refractivity contribution is 6.32. The standard InChI is InChI=1S/C20H20ClN3O3/c21-18-6-5-15(11-19(18)24(26)27)20(25)23-10-8-17(13-23)22-9-7-14-3-1-2-4-16(14)12-22/h1-6,11,17H,7-10,12-13H2/t17-/m0/s1. The van der Waals surface area contributed by atoms with Crippen molar-refractivity contribution >= 4 is 23.2 Å². The van der Waals surface area contributed by atoms with Crippen molar-refractivity contribution in [2.45, 2.75) is 25.4 Å². The maximum absolute atomic E-state index is 12.8. The van der Waals surface area contributed by atoms with Gasteiger partial charge in [0.05, 0.1) is 4.92 Å². The van der Waals surface area contributed by atoms with Crippen LogP contribution in [0.15, 0.2) is 42.5 Å². The molecule has 7 heteroatoms. The summed E-state index contributed by atoms with van der Waals surface area (Å²) in [6.07, 6.45) is 1.95. The van der Waals surface area contributed by atoms with E-state index in [1.165, 1.54) is 23.3 Å². The molecule has 1 saturated heterocycles. The van der Waals surface area contributed by atoms with E-state index in [-0.39, 0.29) is 16.6 Å². The third kappa shape index (κ3) is 3.55. The number of rotatable bonds is 3. The van der Waals surface area contributed by atoms with Crippen LogP contribution in [0.1, 0.15) is 27.9 Å². The van der Waals surface area contributed by atoms with Crippen molar-refractivity contribution in [3.05, 3.63) is 74.3 Å². The van der Waals surface area contributed by atoms with Crippen LogP contribution in [-0.4, -0.2) is 46.3 Å². The predicted octanol–water partition coefficient (Wildman–Crippen LogP) is 3.52. The Morgan fingerprint density at radius 1 is 1.15 bits per heavy atom. The molecule has 27 heavy (non-hydrogen) atoms. The second-order valence-electron chi connectivity index (χ2n) is 7.11. The van der Waals surface area contributed by atoms with Crippen LogP contribution in [0.2, 0.25) is 5.02 Å². The molecule has 2 heterocycles. The van der Waals surface area contributed by atoms with E-state index in [4.69, 9.17) is 11.6 Å². The second kappa shape index (κ2) is 7.29. The van der Waals surface area contributed by atoms with Crippen molar-refractivity contribution in [1.82, 2.24) is 9.80 Å². The van der Waals surface area contributed by atoms with Crippen molar-refractivity contribution in [2.75, 3.05) is 19.6 Å². The Morgan fingerprint density at radius 3 is 2.70 bits per heavy atom. The van der Waals surface area contributed by atoms with Gasteiger partial charge in [0.2, 0.25) is 0 Å². The van der Waals surface area contributed by atoms with Crippen molar-refractivity contribution in [2.24, 2.45) is 0 Å². The number of hydrogen-bond donors (Lipinski definition) is 0. The van der Waals surface area contributed by atoms with Gasteiger partial charge >= 0.3 is 0 Å². The van der Waals surface area contributed by atoms with Crippen LogP contribution in [0.3, 0.4) is 0 Å². The van der Waals surface area contributed by atoms with Gasteiger partial charge in [-0.1, -0.05) is 35.9 Å². The largest absolute Gasteiger partial charge is 0.337 e. The molecule has 0 N–H and O–H groups in total. The topological polar surface area (TPSA) is 66.7 Å². The van der Waals surface area contributed by atoms with Gasteiger partial charge in [0.25, 0.3) is 11.6 Å². The van der Waals surface area contributed by atoms with E-state index in [9.17, 15) is 14.9 Å². The van der Waals surface area contributed by atoms with Gasteiger partial charge < -0.3 is 4.90 Å². The minimum Gasteiger partial charge on any atom is -0.337 e. The number of nitro benzene ring substituents is 1. The molecule has 1 amide bonds. The van der Waals surface area contributed by atoms with Crippen LogP contribution in [-0.2, 0) is 13.0 Å². The highest BCUT2D eigenvalue weighted by Crippen LogP contribution is 2.28. The molecule has 1 atom stereocenters. The molecule has 140 valence electrons. The van der Waals surface area contributed by atoms with E-state index in [0.717, 1.165) is 25.9 Å². The molecule has 1 fully saturated rings. The lowest BCUT2D eigenvalue weighted by Gasteiger charge is -2.33. The minimum atomic E-state index is -0.558. The predicted molar refractivity (Wildman–Crippen MR) is 103 cm³/mol. The van der Waals surface area contributed by atoms with Crippen LogP contribution in [0, 0.1) is 10.1 Å². The van der Waals surface area contributed by atoms with E-state index in [1.54, 1.807) is 11.0 Å². The molecule has 0 radical (unpaired) electrons. The molecule has 0 unspecified atom stereocenters. The number of likely N-dealkylation sites (tertiary alicyclic amines) is 1. The lowest BCUT2D eigenvalue weighted by molar-refractivity contribution is -0.384. The molecule has 2 aromatic rings. The summed E-state index contributed by atoms with van der Waals surface area (Å²) in [5, 5.41) is 11.1. The number of nitrogens with zero attached hydrogens (tertiary/aromatic N) is 3. The van der Waals surface area contributed by atoms with Gasteiger partial charge in [0, 0.05) is 43.9 Å². The van der Waals surface area contributed by atoms with Crippen LogP contribution in [0.5, 0.6) is 0 Å². The molecule has 0 bridgehead atoms. The van der Waals surface area contributed by atoms with E-state index in [2.05, 4.69) is 29.2 Å². The van der Waals surface area contributed by atoms with Gasteiger partial charge in [-0.15, -0.1) is 0 Å². The van der Waals surface area contributed by atoms with Crippen LogP contribution >= 0.6 is 11.6 Å². The summed E-state index contributed by atoms with van der Waals surface area (Å²) in [6.45, 7) is 3.22. The molecule has 0 saturated carbocycles. The Morgan fingerprint density at radius 2 is 1.93 bits per heavy atom. The summed E-state index contributed by atoms with van der Waals surface area (Å²) in [6, 6.07) is 13.1. The Kier molecular flexibility index (Phi) is 4.85. The highest BCUT2D eigenvalue weighted by atomic mass is 35.5. The first-order valence-corrected chi connectivity index (χ1v) is 9.45. The lowest BCUT2D eigenvalue weighted by atomic mass is 9.98. The van der Waals surface area contributed by atoms with E-state index >= 15 is 0 Å². The van der Waals surface area contributed by atoms with Crippen LogP contribution < -0.4 is 0 Å². The maximum atomic E-state index is 12.8.